The maximum atomic E-state index is 12.8. The van der Waals surface area contributed by atoms with Crippen molar-refractivity contribution in [2.45, 2.75) is 12.5 Å². The average Bonchev–Trinajstić information content (AvgIpc) is 3.19. The van der Waals surface area contributed by atoms with Crippen molar-refractivity contribution in [3.63, 3.8) is 0 Å². The summed E-state index contributed by atoms with van der Waals surface area (Å²) >= 11 is 0. The maximum absolute atomic E-state index is 12.8. The standard InChI is InChI=1S/C20H24N4O2.ClH/c25-19-17(6-7-18(22-19)15-4-2-1-3-5-15)20(26)24-11-8-16(14-24)23-12-9-21-10-13-23;/h1-7,16,21H,8-14H2,(H,22,25);1H. The van der Waals surface area contributed by atoms with E-state index in [1.165, 1.54) is 0 Å². The highest BCUT2D eigenvalue weighted by Crippen LogP contribution is 2.19. The molecule has 0 bridgehead atoms. The quantitative estimate of drug-likeness (QED) is 0.837. The third-order valence-corrected chi connectivity index (χ3v) is 5.34. The summed E-state index contributed by atoms with van der Waals surface area (Å²) in [6, 6.07) is 13.5. The summed E-state index contributed by atoms with van der Waals surface area (Å²) in [5.74, 6) is -0.163. The molecular formula is C20H25ClN4O2. The largest absolute Gasteiger partial charge is 0.337 e. The van der Waals surface area contributed by atoms with E-state index in [0.717, 1.165) is 43.9 Å². The van der Waals surface area contributed by atoms with Crippen molar-refractivity contribution >= 4 is 18.3 Å². The molecule has 144 valence electrons. The summed E-state index contributed by atoms with van der Waals surface area (Å²) in [6.07, 6.45) is 0.978. The predicted molar refractivity (Wildman–Crippen MR) is 108 cm³/mol. The van der Waals surface area contributed by atoms with Crippen LogP contribution in [0.3, 0.4) is 0 Å². The van der Waals surface area contributed by atoms with Crippen molar-refractivity contribution < 1.29 is 4.79 Å². The summed E-state index contributed by atoms with van der Waals surface area (Å²) in [5.41, 5.74) is 1.57. The van der Waals surface area contributed by atoms with Gasteiger partial charge in [0.2, 0.25) is 0 Å². The molecule has 0 radical (unpaired) electrons. The Labute approximate surface area is 165 Å². The van der Waals surface area contributed by atoms with Gasteiger partial charge in [0.1, 0.15) is 5.56 Å². The molecule has 0 spiro atoms. The van der Waals surface area contributed by atoms with Crippen molar-refractivity contribution in [1.82, 2.24) is 20.1 Å². The minimum absolute atomic E-state index is 0. The van der Waals surface area contributed by atoms with Crippen molar-refractivity contribution in [3.8, 4) is 11.3 Å². The minimum atomic E-state index is -0.318. The number of aromatic amines is 1. The Balaban J connectivity index is 0.00000210. The second kappa shape index (κ2) is 8.69. The van der Waals surface area contributed by atoms with Crippen LogP contribution in [-0.2, 0) is 0 Å². The molecule has 0 aliphatic carbocycles. The molecule has 4 rings (SSSR count). The Morgan fingerprint density at radius 3 is 2.44 bits per heavy atom. The molecular weight excluding hydrogens is 364 g/mol. The number of H-pyrrole nitrogens is 1. The topological polar surface area (TPSA) is 68.4 Å². The molecule has 3 heterocycles. The summed E-state index contributed by atoms with van der Waals surface area (Å²) in [7, 11) is 0. The number of halogens is 1. The van der Waals surface area contributed by atoms with Gasteiger partial charge in [0.05, 0.1) is 0 Å². The number of nitrogens with zero attached hydrogens (tertiary/aromatic N) is 2. The number of hydrogen-bond acceptors (Lipinski definition) is 4. The number of likely N-dealkylation sites (tertiary alicyclic amines) is 1. The van der Waals surface area contributed by atoms with Gasteiger partial charge in [-0.05, 0) is 24.1 Å². The van der Waals surface area contributed by atoms with Crippen LogP contribution in [-0.4, -0.2) is 66.0 Å². The number of piperazine rings is 1. The lowest BCUT2D eigenvalue weighted by atomic mass is 10.1. The number of benzene rings is 1. The van der Waals surface area contributed by atoms with Gasteiger partial charge in [-0.15, -0.1) is 12.4 Å². The fourth-order valence-electron chi connectivity index (χ4n) is 3.87. The third-order valence-electron chi connectivity index (χ3n) is 5.34. The Morgan fingerprint density at radius 2 is 1.74 bits per heavy atom. The van der Waals surface area contributed by atoms with Gasteiger partial charge >= 0.3 is 0 Å². The summed E-state index contributed by atoms with van der Waals surface area (Å²) in [4.78, 5) is 32.4. The monoisotopic (exact) mass is 388 g/mol. The SMILES string of the molecule is Cl.O=C(c1ccc(-c2ccccc2)[nH]c1=O)N1CCC(N2CCNCC2)C1. The van der Waals surface area contributed by atoms with Gasteiger partial charge in [-0.3, -0.25) is 14.5 Å². The molecule has 2 aliphatic rings. The zero-order valence-corrected chi connectivity index (χ0v) is 16.0. The van der Waals surface area contributed by atoms with E-state index in [1.54, 1.807) is 6.07 Å². The molecule has 1 aromatic heterocycles. The first-order valence-corrected chi connectivity index (χ1v) is 9.25. The number of pyridine rings is 1. The van der Waals surface area contributed by atoms with Gasteiger partial charge in [0.25, 0.3) is 11.5 Å². The van der Waals surface area contributed by atoms with Gasteiger partial charge in [0.15, 0.2) is 0 Å². The highest BCUT2D eigenvalue weighted by atomic mass is 35.5. The first-order chi connectivity index (χ1) is 12.7. The van der Waals surface area contributed by atoms with E-state index in [9.17, 15) is 9.59 Å². The molecule has 1 amide bonds. The highest BCUT2D eigenvalue weighted by molar-refractivity contribution is 5.94. The van der Waals surface area contributed by atoms with Crippen LogP contribution < -0.4 is 10.9 Å². The molecule has 6 nitrogen and oxygen atoms in total. The lowest BCUT2D eigenvalue weighted by Gasteiger charge is -2.32. The van der Waals surface area contributed by atoms with Crippen LogP contribution in [0.4, 0.5) is 0 Å². The second-order valence-electron chi connectivity index (χ2n) is 6.96. The molecule has 2 aromatic rings. The first kappa shape index (κ1) is 19.6. The smallest absolute Gasteiger partial charge is 0.261 e. The Bertz CT molecular complexity index is 833. The second-order valence-corrected chi connectivity index (χ2v) is 6.96. The minimum Gasteiger partial charge on any atom is -0.337 e. The van der Waals surface area contributed by atoms with Crippen molar-refractivity contribution in [2.75, 3.05) is 39.3 Å². The van der Waals surface area contributed by atoms with E-state index in [-0.39, 0.29) is 29.4 Å². The van der Waals surface area contributed by atoms with Gasteiger partial charge in [-0.25, -0.2) is 0 Å². The number of hydrogen-bond donors (Lipinski definition) is 2. The van der Waals surface area contributed by atoms with Crippen LogP contribution in [0.2, 0.25) is 0 Å². The van der Waals surface area contributed by atoms with Crippen molar-refractivity contribution in [2.24, 2.45) is 0 Å². The number of aromatic nitrogens is 1. The molecule has 2 fully saturated rings. The van der Waals surface area contributed by atoms with Gasteiger partial charge in [0, 0.05) is 51.0 Å². The van der Waals surface area contributed by atoms with Crippen LogP contribution in [0, 0.1) is 0 Å². The molecule has 2 N–H and O–H groups in total. The maximum Gasteiger partial charge on any atom is 0.261 e. The van der Waals surface area contributed by atoms with Crippen LogP contribution in [0.15, 0.2) is 47.3 Å². The zero-order valence-electron chi connectivity index (χ0n) is 15.2. The Morgan fingerprint density at radius 1 is 1.00 bits per heavy atom. The Hall–Kier alpha value is -2.15. The first-order valence-electron chi connectivity index (χ1n) is 9.25. The number of rotatable bonds is 3. The molecule has 7 heteroatoms. The summed E-state index contributed by atoms with van der Waals surface area (Å²) < 4.78 is 0. The predicted octanol–water partition coefficient (Wildman–Crippen LogP) is 1.58. The highest BCUT2D eigenvalue weighted by Gasteiger charge is 2.32. The average molecular weight is 389 g/mol. The van der Waals surface area contributed by atoms with Gasteiger partial charge < -0.3 is 15.2 Å². The van der Waals surface area contributed by atoms with Crippen LogP contribution >= 0.6 is 12.4 Å². The zero-order chi connectivity index (χ0) is 17.9. The normalized spacial score (nSPS) is 20.3. The lowest BCUT2D eigenvalue weighted by Crippen LogP contribution is -2.49. The summed E-state index contributed by atoms with van der Waals surface area (Å²) in [6.45, 7) is 5.49. The van der Waals surface area contributed by atoms with E-state index in [1.807, 2.05) is 41.3 Å². The molecule has 2 aliphatic heterocycles. The van der Waals surface area contributed by atoms with E-state index in [2.05, 4.69) is 15.2 Å². The van der Waals surface area contributed by atoms with Gasteiger partial charge in [-0.2, -0.15) is 0 Å². The number of amides is 1. The molecule has 1 aromatic carbocycles. The van der Waals surface area contributed by atoms with Crippen LogP contribution in [0.1, 0.15) is 16.8 Å². The van der Waals surface area contributed by atoms with E-state index >= 15 is 0 Å². The third kappa shape index (κ3) is 4.24. The molecule has 27 heavy (non-hydrogen) atoms. The Kier molecular flexibility index (Phi) is 6.31. The molecule has 0 saturated carbocycles. The number of carbonyl (C=O) groups excluding carboxylic acids is 1. The van der Waals surface area contributed by atoms with Crippen molar-refractivity contribution in [3.05, 3.63) is 58.4 Å². The fraction of sp³-hybridized carbons (Fsp3) is 0.400. The molecule has 2 saturated heterocycles. The fourth-order valence-corrected chi connectivity index (χ4v) is 3.87. The van der Waals surface area contributed by atoms with Crippen LogP contribution in [0.25, 0.3) is 11.3 Å². The van der Waals surface area contributed by atoms with E-state index in [0.29, 0.717) is 19.1 Å². The number of nitrogens with one attached hydrogen (secondary N) is 2. The van der Waals surface area contributed by atoms with E-state index in [4.69, 9.17) is 0 Å². The van der Waals surface area contributed by atoms with Crippen LogP contribution in [0.5, 0.6) is 0 Å². The van der Waals surface area contributed by atoms with E-state index < -0.39 is 0 Å². The molecule has 1 unspecified atom stereocenters. The van der Waals surface area contributed by atoms with Gasteiger partial charge in [-0.1, -0.05) is 30.3 Å². The molecule has 1 atom stereocenters. The lowest BCUT2D eigenvalue weighted by molar-refractivity contribution is 0.0771. The number of carbonyl (C=O) groups is 1. The van der Waals surface area contributed by atoms with Crippen molar-refractivity contribution in [1.29, 1.82) is 0 Å². The summed E-state index contributed by atoms with van der Waals surface area (Å²) in [5, 5.41) is 3.36.